The van der Waals surface area contributed by atoms with Gasteiger partial charge in [-0.15, -0.1) is 0 Å². The standard InChI is InChI=1S/C22H48N/c1-5-9-12-13-14-15-16-17-18-22-23(19-8-4,20-10-6-2)21-11-7-3/h5-22H2,1-4H3/q+1. The van der Waals surface area contributed by atoms with Crippen LogP contribution < -0.4 is 0 Å². The summed E-state index contributed by atoms with van der Waals surface area (Å²) in [6.07, 6.45) is 20.0. The predicted octanol–water partition coefficient (Wildman–Crippen LogP) is 7.34. The van der Waals surface area contributed by atoms with Gasteiger partial charge >= 0.3 is 0 Å². The second kappa shape index (κ2) is 16.8. The van der Waals surface area contributed by atoms with Crippen molar-refractivity contribution >= 4 is 0 Å². The molecule has 0 saturated heterocycles. The first-order chi connectivity index (χ1) is 11.2. The summed E-state index contributed by atoms with van der Waals surface area (Å²) in [5, 5.41) is 0. The molecule has 0 aromatic carbocycles. The Morgan fingerprint density at radius 1 is 0.348 bits per heavy atom. The largest absolute Gasteiger partial charge is 0.324 e. The smallest absolute Gasteiger partial charge is 0.0786 e. The van der Waals surface area contributed by atoms with Crippen LogP contribution in [-0.2, 0) is 0 Å². The van der Waals surface area contributed by atoms with Gasteiger partial charge in [0.1, 0.15) is 0 Å². The van der Waals surface area contributed by atoms with Gasteiger partial charge in [0.05, 0.1) is 26.2 Å². The fourth-order valence-electron chi connectivity index (χ4n) is 3.89. The van der Waals surface area contributed by atoms with Crippen molar-refractivity contribution in [3.63, 3.8) is 0 Å². The Morgan fingerprint density at radius 3 is 1.17 bits per heavy atom. The van der Waals surface area contributed by atoms with E-state index in [4.69, 9.17) is 0 Å². The van der Waals surface area contributed by atoms with Gasteiger partial charge in [-0.25, -0.2) is 0 Å². The summed E-state index contributed by atoms with van der Waals surface area (Å²) in [5.41, 5.74) is 0. The molecule has 0 unspecified atom stereocenters. The predicted molar refractivity (Wildman–Crippen MR) is 107 cm³/mol. The van der Waals surface area contributed by atoms with Crippen molar-refractivity contribution in [2.45, 2.75) is 118 Å². The molecule has 0 aliphatic rings. The van der Waals surface area contributed by atoms with E-state index in [0.717, 1.165) is 0 Å². The molecule has 0 fully saturated rings. The first-order valence-corrected chi connectivity index (χ1v) is 11.1. The molecule has 0 aliphatic carbocycles. The topological polar surface area (TPSA) is 0 Å². The summed E-state index contributed by atoms with van der Waals surface area (Å²) >= 11 is 0. The summed E-state index contributed by atoms with van der Waals surface area (Å²) in [6.45, 7) is 15.1. The summed E-state index contributed by atoms with van der Waals surface area (Å²) in [6, 6.07) is 0. The molecule has 0 aliphatic heterocycles. The molecule has 1 nitrogen and oxygen atoms in total. The van der Waals surface area contributed by atoms with E-state index < -0.39 is 0 Å². The molecule has 23 heavy (non-hydrogen) atoms. The van der Waals surface area contributed by atoms with Crippen molar-refractivity contribution in [2.24, 2.45) is 0 Å². The maximum Gasteiger partial charge on any atom is 0.0786 e. The van der Waals surface area contributed by atoms with Gasteiger partial charge in [0, 0.05) is 0 Å². The Morgan fingerprint density at radius 2 is 0.739 bits per heavy atom. The molecular weight excluding hydrogens is 278 g/mol. The number of rotatable bonds is 18. The van der Waals surface area contributed by atoms with Gasteiger partial charge in [-0.3, -0.25) is 0 Å². The summed E-state index contributed by atoms with van der Waals surface area (Å²) < 4.78 is 1.43. The number of unbranched alkanes of at least 4 members (excludes halogenated alkanes) is 10. The summed E-state index contributed by atoms with van der Waals surface area (Å²) in [4.78, 5) is 0. The van der Waals surface area contributed by atoms with Crippen LogP contribution in [0, 0.1) is 0 Å². The van der Waals surface area contributed by atoms with Crippen LogP contribution in [0.4, 0.5) is 0 Å². The molecule has 0 saturated carbocycles. The maximum atomic E-state index is 2.38. The van der Waals surface area contributed by atoms with E-state index >= 15 is 0 Å². The molecule has 0 radical (unpaired) electrons. The minimum atomic E-state index is 1.35. The lowest BCUT2D eigenvalue weighted by Crippen LogP contribution is -2.50. The Bertz CT molecular complexity index is 216. The first-order valence-electron chi connectivity index (χ1n) is 11.1. The molecule has 0 aromatic heterocycles. The van der Waals surface area contributed by atoms with Gasteiger partial charge in [-0.2, -0.15) is 0 Å². The van der Waals surface area contributed by atoms with E-state index in [2.05, 4.69) is 27.7 Å². The van der Waals surface area contributed by atoms with Crippen molar-refractivity contribution in [1.29, 1.82) is 0 Å². The molecular formula is C22H48N+. The lowest BCUT2D eigenvalue weighted by molar-refractivity contribution is -0.929. The second-order valence-electron chi connectivity index (χ2n) is 7.77. The van der Waals surface area contributed by atoms with Crippen LogP contribution in [0.3, 0.4) is 0 Å². The van der Waals surface area contributed by atoms with Gasteiger partial charge in [0.25, 0.3) is 0 Å². The highest BCUT2D eigenvalue weighted by molar-refractivity contribution is 4.51. The quantitative estimate of drug-likeness (QED) is 0.182. The normalized spacial score (nSPS) is 12.0. The second-order valence-corrected chi connectivity index (χ2v) is 7.77. The summed E-state index contributed by atoms with van der Waals surface area (Å²) in [7, 11) is 0. The number of quaternary nitrogens is 1. The highest BCUT2D eigenvalue weighted by Crippen LogP contribution is 2.17. The van der Waals surface area contributed by atoms with Crippen LogP contribution in [0.1, 0.15) is 118 Å². The van der Waals surface area contributed by atoms with Crippen LogP contribution >= 0.6 is 0 Å². The Labute approximate surface area is 148 Å². The molecule has 0 heterocycles. The van der Waals surface area contributed by atoms with Crippen LogP contribution in [0.25, 0.3) is 0 Å². The SMILES string of the molecule is CCCCCCCCCCC[N+](CCC)(CCCC)CCCC. The van der Waals surface area contributed by atoms with Gasteiger partial charge in [-0.05, 0) is 32.1 Å². The lowest BCUT2D eigenvalue weighted by atomic mass is 10.1. The van der Waals surface area contributed by atoms with Crippen LogP contribution in [0.2, 0.25) is 0 Å². The van der Waals surface area contributed by atoms with E-state index in [0.29, 0.717) is 0 Å². The van der Waals surface area contributed by atoms with Gasteiger partial charge in [-0.1, -0.05) is 85.5 Å². The van der Waals surface area contributed by atoms with Gasteiger partial charge in [0.2, 0.25) is 0 Å². The third-order valence-corrected chi connectivity index (χ3v) is 5.41. The molecule has 0 aromatic rings. The van der Waals surface area contributed by atoms with E-state index in [1.807, 2.05) is 0 Å². The van der Waals surface area contributed by atoms with Crippen molar-refractivity contribution in [1.82, 2.24) is 0 Å². The van der Waals surface area contributed by atoms with Gasteiger partial charge < -0.3 is 4.48 Å². The van der Waals surface area contributed by atoms with E-state index in [1.165, 1.54) is 121 Å². The van der Waals surface area contributed by atoms with Crippen molar-refractivity contribution < 1.29 is 4.48 Å². The van der Waals surface area contributed by atoms with E-state index in [9.17, 15) is 0 Å². The van der Waals surface area contributed by atoms with Crippen molar-refractivity contribution in [3.05, 3.63) is 0 Å². The Balaban J connectivity index is 3.96. The Kier molecular flexibility index (Phi) is 16.8. The van der Waals surface area contributed by atoms with Crippen LogP contribution in [0.5, 0.6) is 0 Å². The zero-order valence-electron chi connectivity index (χ0n) is 17.2. The van der Waals surface area contributed by atoms with E-state index in [1.54, 1.807) is 0 Å². The number of hydrogen-bond acceptors (Lipinski definition) is 0. The maximum absolute atomic E-state index is 2.38. The van der Waals surface area contributed by atoms with Crippen molar-refractivity contribution in [2.75, 3.05) is 26.2 Å². The highest BCUT2D eigenvalue weighted by Gasteiger charge is 2.24. The summed E-state index contributed by atoms with van der Waals surface area (Å²) in [5.74, 6) is 0. The Hall–Kier alpha value is -0.0400. The molecule has 0 atom stereocenters. The highest BCUT2D eigenvalue weighted by atomic mass is 15.3. The van der Waals surface area contributed by atoms with Gasteiger partial charge in [0.15, 0.2) is 0 Å². The minimum absolute atomic E-state index is 1.35. The number of nitrogens with zero attached hydrogens (tertiary/aromatic N) is 1. The average Bonchev–Trinajstić information content (AvgIpc) is 2.56. The molecule has 0 spiro atoms. The van der Waals surface area contributed by atoms with Crippen LogP contribution in [0.15, 0.2) is 0 Å². The zero-order valence-corrected chi connectivity index (χ0v) is 17.2. The van der Waals surface area contributed by atoms with Crippen molar-refractivity contribution in [3.8, 4) is 0 Å². The van der Waals surface area contributed by atoms with E-state index in [-0.39, 0.29) is 0 Å². The lowest BCUT2D eigenvalue weighted by Gasteiger charge is -2.39. The molecule has 0 N–H and O–H groups in total. The monoisotopic (exact) mass is 326 g/mol. The average molecular weight is 327 g/mol. The molecule has 1 heteroatoms. The van der Waals surface area contributed by atoms with Crippen LogP contribution in [-0.4, -0.2) is 30.7 Å². The first kappa shape index (κ1) is 23.0. The number of hydrogen-bond donors (Lipinski definition) is 0. The molecule has 0 bridgehead atoms. The third-order valence-electron chi connectivity index (χ3n) is 5.41. The fraction of sp³-hybridized carbons (Fsp3) is 1.00. The zero-order chi connectivity index (χ0) is 17.2. The molecule has 140 valence electrons. The fourth-order valence-corrected chi connectivity index (χ4v) is 3.89. The third kappa shape index (κ3) is 13.0. The molecule has 0 rings (SSSR count). The molecule has 0 amide bonds. The minimum Gasteiger partial charge on any atom is -0.324 e.